The van der Waals surface area contributed by atoms with Crippen molar-refractivity contribution in [1.29, 1.82) is 0 Å². The third kappa shape index (κ3) is 3.63. The topological polar surface area (TPSA) is 34.2 Å². The van der Waals surface area contributed by atoms with Crippen LogP contribution in [0.3, 0.4) is 0 Å². The summed E-state index contributed by atoms with van der Waals surface area (Å²) in [7, 11) is 3.20. The number of halogens is 1. The molecule has 2 heterocycles. The average Bonchev–Trinajstić information content (AvgIpc) is 2.77. The standard InChI is InChI=1S/C19H30BFN2O3/c1-18(2)19(3,4)26-20(25-18)15-7-8-16(23-9-11-24-12-10-23)14(17(15)21)13-22(5)6/h7-8H,9-13H2,1-6H3. The fraction of sp³-hybridized carbons (Fsp3) is 0.684. The van der Waals surface area contributed by atoms with Crippen LogP contribution in [0.15, 0.2) is 12.1 Å². The maximum absolute atomic E-state index is 15.6. The summed E-state index contributed by atoms with van der Waals surface area (Å²) in [5, 5.41) is 0. The number of rotatable bonds is 4. The molecule has 1 aromatic rings. The van der Waals surface area contributed by atoms with Gasteiger partial charge in [-0.3, -0.25) is 0 Å². The van der Waals surface area contributed by atoms with Crippen LogP contribution >= 0.6 is 0 Å². The Kier molecular flexibility index (Phi) is 5.37. The molecule has 2 aliphatic heterocycles. The SMILES string of the molecule is CN(C)Cc1c(N2CCOCC2)ccc(B2OC(C)(C)C(C)(C)O2)c1F. The zero-order valence-corrected chi connectivity index (χ0v) is 16.8. The zero-order chi connectivity index (χ0) is 19.1. The second-order valence-corrected chi connectivity index (χ2v) is 8.39. The first-order valence-corrected chi connectivity index (χ1v) is 9.27. The molecule has 2 saturated heterocycles. The monoisotopic (exact) mass is 364 g/mol. The molecule has 26 heavy (non-hydrogen) atoms. The van der Waals surface area contributed by atoms with Gasteiger partial charge in [-0.15, -0.1) is 0 Å². The summed E-state index contributed by atoms with van der Waals surface area (Å²) in [4.78, 5) is 4.18. The van der Waals surface area contributed by atoms with E-state index >= 15 is 4.39 Å². The Morgan fingerprint density at radius 2 is 1.65 bits per heavy atom. The van der Waals surface area contributed by atoms with Crippen molar-refractivity contribution in [2.75, 3.05) is 45.3 Å². The molecule has 0 bridgehead atoms. The molecule has 0 atom stereocenters. The molecule has 5 nitrogen and oxygen atoms in total. The van der Waals surface area contributed by atoms with Gasteiger partial charge in [0.05, 0.1) is 24.4 Å². The van der Waals surface area contributed by atoms with Gasteiger partial charge in [0.15, 0.2) is 0 Å². The molecule has 0 spiro atoms. The smallest absolute Gasteiger partial charge is 0.399 e. The lowest BCUT2D eigenvalue weighted by Gasteiger charge is -2.32. The molecule has 0 aromatic heterocycles. The molecular weight excluding hydrogens is 334 g/mol. The molecule has 0 radical (unpaired) electrons. The summed E-state index contributed by atoms with van der Waals surface area (Å²) in [5.41, 5.74) is 1.10. The van der Waals surface area contributed by atoms with Crippen molar-refractivity contribution in [2.24, 2.45) is 0 Å². The van der Waals surface area contributed by atoms with Gasteiger partial charge in [-0.1, -0.05) is 6.07 Å². The summed E-state index contributed by atoms with van der Waals surface area (Å²) in [6.07, 6.45) is 0. The molecule has 0 N–H and O–H groups in total. The largest absolute Gasteiger partial charge is 0.497 e. The lowest BCUT2D eigenvalue weighted by atomic mass is 9.77. The van der Waals surface area contributed by atoms with Crippen LogP contribution in [-0.4, -0.2) is 63.6 Å². The quantitative estimate of drug-likeness (QED) is 0.764. The van der Waals surface area contributed by atoms with Crippen LogP contribution in [-0.2, 0) is 20.6 Å². The van der Waals surface area contributed by atoms with E-state index in [1.54, 1.807) is 6.07 Å². The van der Waals surface area contributed by atoms with Gasteiger partial charge in [0.2, 0.25) is 0 Å². The van der Waals surface area contributed by atoms with E-state index in [4.69, 9.17) is 14.0 Å². The van der Waals surface area contributed by atoms with Crippen molar-refractivity contribution in [3.8, 4) is 0 Å². The van der Waals surface area contributed by atoms with Crippen molar-refractivity contribution < 1.29 is 18.4 Å². The van der Waals surface area contributed by atoms with E-state index in [9.17, 15) is 0 Å². The summed E-state index contributed by atoms with van der Waals surface area (Å²) in [5.74, 6) is -0.235. The van der Waals surface area contributed by atoms with Crippen LogP contribution in [0.25, 0.3) is 0 Å². The second kappa shape index (κ2) is 7.11. The number of hydrogen-bond donors (Lipinski definition) is 0. The fourth-order valence-corrected chi connectivity index (χ4v) is 3.35. The van der Waals surface area contributed by atoms with Crippen LogP contribution in [0.1, 0.15) is 33.3 Å². The average molecular weight is 364 g/mol. The number of morpholine rings is 1. The Labute approximate surface area is 156 Å². The highest BCUT2D eigenvalue weighted by Crippen LogP contribution is 2.37. The second-order valence-electron chi connectivity index (χ2n) is 8.39. The lowest BCUT2D eigenvalue weighted by Crippen LogP contribution is -2.41. The normalized spacial score (nSPS) is 22.3. The molecule has 144 valence electrons. The minimum Gasteiger partial charge on any atom is -0.399 e. The third-order valence-electron chi connectivity index (χ3n) is 5.58. The van der Waals surface area contributed by atoms with E-state index in [1.165, 1.54) is 0 Å². The maximum atomic E-state index is 15.6. The van der Waals surface area contributed by atoms with Crippen LogP contribution in [0, 0.1) is 5.82 Å². The molecular formula is C19H30BFN2O3. The number of anilines is 1. The summed E-state index contributed by atoms with van der Waals surface area (Å²) < 4.78 is 33.1. The lowest BCUT2D eigenvalue weighted by molar-refractivity contribution is 0.00578. The van der Waals surface area contributed by atoms with E-state index in [2.05, 4.69) is 4.90 Å². The minimum atomic E-state index is -0.695. The van der Waals surface area contributed by atoms with Gasteiger partial charge in [0.1, 0.15) is 5.82 Å². The van der Waals surface area contributed by atoms with Crippen LogP contribution in [0.2, 0.25) is 0 Å². The van der Waals surface area contributed by atoms with Crippen molar-refractivity contribution in [1.82, 2.24) is 4.90 Å². The molecule has 0 saturated carbocycles. The molecule has 3 rings (SSSR count). The number of hydrogen-bond acceptors (Lipinski definition) is 5. The predicted octanol–water partition coefficient (Wildman–Crippen LogP) is 2.02. The van der Waals surface area contributed by atoms with Crippen molar-refractivity contribution in [2.45, 2.75) is 45.4 Å². The highest BCUT2D eigenvalue weighted by molar-refractivity contribution is 6.62. The van der Waals surface area contributed by atoms with E-state index in [-0.39, 0.29) is 5.82 Å². The van der Waals surface area contributed by atoms with Crippen LogP contribution in [0.5, 0.6) is 0 Å². The Hall–Kier alpha value is -1.15. The highest BCUT2D eigenvalue weighted by Gasteiger charge is 2.52. The summed E-state index contributed by atoms with van der Waals surface area (Å²) in [6.45, 7) is 11.3. The fourth-order valence-electron chi connectivity index (χ4n) is 3.35. The Balaban J connectivity index is 1.98. The first-order chi connectivity index (χ1) is 12.1. The summed E-state index contributed by atoms with van der Waals surface area (Å²) in [6, 6.07) is 3.80. The van der Waals surface area contributed by atoms with Gasteiger partial charge in [-0.05, 0) is 47.9 Å². The zero-order valence-electron chi connectivity index (χ0n) is 16.8. The first kappa shape index (κ1) is 19.6. The number of benzene rings is 1. The van der Waals surface area contributed by atoms with Crippen LogP contribution < -0.4 is 10.4 Å². The van der Waals surface area contributed by atoms with Gasteiger partial charge in [0, 0.05) is 36.3 Å². The van der Waals surface area contributed by atoms with Gasteiger partial charge in [-0.2, -0.15) is 0 Å². The van der Waals surface area contributed by atoms with Gasteiger partial charge < -0.3 is 23.8 Å². The minimum absolute atomic E-state index is 0.235. The molecule has 0 aliphatic carbocycles. The van der Waals surface area contributed by atoms with Crippen molar-refractivity contribution in [3.05, 3.63) is 23.5 Å². The van der Waals surface area contributed by atoms with Gasteiger partial charge in [0.25, 0.3) is 0 Å². The third-order valence-corrected chi connectivity index (χ3v) is 5.58. The highest BCUT2D eigenvalue weighted by atomic mass is 19.1. The molecule has 0 amide bonds. The van der Waals surface area contributed by atoms with Crippen molar-refractivity contribution >= 4 is 18.3 Å². The van der Waals surface area contributed by atoms with E-state index in [0.29, 0.717) is 30.8 Å². The molecule has 1 aromatic carbocycles. The number of ether oxygens (including phenoxy) is 1. The number of nitrogens with zero attached hydrogens (tertiary/aromatic N) is 2. The molecule has 2 fully saturated rings. The Morgan fingerprint density at radius 3 is 2.19 bits per heavy atom. The van der Waals surface area contributed by atoms with Crippen molar-refractivity contribution in [3.63, 3.8) is 0 Å². The van der Waals surface area contributed by atoms with Gasteiger partial charge >= 0.3 is 7.12 Å². The van der Waals surface area contributed by atoms with E-state index in [0.717, 1.165) is 18.8 Å². The first-order valence-electron chi connectivity index (χ1n) is 9.27. The van der Waals surface area contributed by atoms with Gasteiger partial charge in [-0.25, -0.2) is 4.39 Å². The summed E-state index contributed by atoms with van der Waals surface area (Å²) >= 11 is 0. The Morgan fingerprint density at radius 1 is 1.08 bits per heavy atom. The molecule has 0 unspecified atom stereocenters. The molecule has 7 heteroatoms. The molecule has 2 aliphatic rings. The van der Waals surface area contributed by atoms with E-state index < -0.39 is 18.3 Å². The Bertz CT molecular complexity index is 644. The maximum Gasteiger partial charge on any atom is 0.497 e. The van der Waals surface area contributed by atoms with Crippen LogP contribution in [0.4, 0.5) is 10.1 Å². The predicted molar refractivity (Wildman–Crippen MR) is 103 cm³/mol. The van der Waals surface area contributed by atoms with E-state index in [1.807, 2.05) is 52.8 Å².